The number of rotatable bonds is 0. The van der Waals surface area contributed by atoms with Gasteiger partial charge in [-0.1, -0.05) is 17.6 Å². The largest absolute Gasteiger partial charge is 0.484 e. The molecule has 1 saturated heterocycles. The van der Waals surface area contributed by atoms with E-state index in [0.717, 1.165) is 12.8 Å². The molecule has 1 amide bonds. The van der Waals surface area contributed by atoms with Crippen LogP contribution in [-0.2, 0) is 15.1 Å². The van der Waals surface area contributed by atoms with E-state index in [4.69, 9.17) is 23.1 Å². The predicted octanol–water partition coefficient (Wildman–Crippen LogP) is -0.206. The maximum absolute atomic E-state index is 13.0. The lowest BCUT2D eigenvalue weighted by Gasteiger charge is -2.46. The van der Waals surface area contributed by atoms with Crippen molar-refractivity contribution in [3.63, 3.8) is 0 Å². The van der Waals surface area contributed by atoms with E-state index >= 15 is 0 Å². The van der Waals surface area contributed by atoms with E-state index < -0.39 is 11.1 Å². The van der Waals surface area contributed by atoms with Gasteiger partial charge in [0.05, 0.1) is 6.61 Å². The van der Waals surface area contributed by atoms with E-state index in [1.165, 1.54) is 4.90 Å². The lowest BCUT2D eigenvalue weighted by atomic mass is 9.73. The Morgan fingerprint density at radius 2 is 2.26 bits per heavy atom. The molecule has 2 radical (unpaired) electrons. The van der Waals surface area contributed by atoms with E-state index in [2.05, 4.69) is 4.99 Å². The molecule has 4 rings (SSSR count). The van der Waals surface area contributed by atoms with Crippen LogP contribution in [0.5, 0.6) is 5.75 Å². The van der Waals surface area contributed by atoms with Gasteiger partial charge in [-0.15, -0.1) is 0 Å². The number of hydrogen-bond donors (Lipinski definition) is 1. The number of nitrogens with zero attached hydrogens (tertiary/aromatic N) is 2. The van der Waals surface area contributed by atoms with Crippen molar-refractivity contribution >= 4 is 25.2 Å². The minimum absolute atomic E-state index is 0.143. The molecule has 1 aromatic rings. The molecule has 118 valence electrons. The van der Waals surface area contributed by atoms with E-state index in [9.17, 15) is 4.79 Å². The summed E-state index contributed by atoms with van der Waals surface area (Å²) in [6.45, 7) is 1.16. The van der Waals surface area contributed by atoms with E-state index in [1.54, 1.807) is 25.2 Å². The molecular weight excluding hydrogens is 293 g/mol. The molecule has 1 aromatic carbocycles. The Kier molecular flexibility index (Phi) is 3.00. The molecule has 0 aliphatic carbocycles. The number of hydrogen-bond acceptors (Lipinski definition) is 5. The monoisotopic (exact) mass is 311 g/mol. The first kappa shape index (κ1) is 14.6. The molecule has 0 bridgehead atoms. The molecule has 6 nitrogen and oxygen atoms in total. The highest BCUT2D eigenvalue weighted by Gasteiger charge is 2.58. The number of carbonyl (C=O) groups excluding carboxylic acids is 1. The highest BCUT2D eigenvalue weighted by molar-refractivity contribution is 6.32. The van der Waals surface area contributed by atoms with Gasteiger partial charge >= 0.3 is 0 Å². The number of nitrogens with two attached hydrogens (primary N) is 1. The second kappa shape index (κ2) is 4.74. The van der Waals surface area contributed by atoms with Gasteiger partial charge in [0.2, 0.25) is 0 Å². The van der Waals surface area contributed by atoms with Crippen molar-refractivity contribution in [2.75, 3.05) is 20.3 Å². The van der Waals surface area contributed by atoms with Gasteiger partial charge in [0, 0.05) is 25.6 Å². The Hall–Kier alpha value is -2.02. The van der Waals surface area contributed by atoms with Crippen molar-refractivity contribution in [2.24, 2.45) is 10.7 Å². The van der Waals surface area contributed by atoms with Crippen LogP contribution in [0.25, 0.3) is 0 Å². The number of benzene rings is 1. The number of amides is 1. The third-order valence-corrected chi connectivity index (χ3v) is 4.95. The Morgan fingerprint density at radius 3 is 2.91 bits per heavy atom. The zero-order valence-electron chi connectivity index (χ0n) is 13.0. The Bertz CT molecular complexity index is 715. The molecule has 1 fully saturated rings. The third-order valence-electron chi connectivity index (χ3n) is 4.95. The summed E-state index contributed by atoms with van der Waals surface area (Å²) in [5.74, 6) is 0.711. The Balaban J connectivity index is 1.91. The summed E-state index contributed by atoms with van der Waals surface area (Å²) in [5.41, 5.74) is 5.58. The van der Waals surface area contributed by atoms with Crippen molar-refractivity contribution in [3.8, 4) is 5.75 Å². The first-order valence-electron chi connectivity index (χ1n) is 7.76. The number of guanidine groups is 1. The normalized spacial score (nSPS) is 32.8. The second-order valence-corrected chi connectivity index (χ2v) is 6.57. The summed E-state index contributed by atoms with van der Waals surface area (Å²) >= 11 is 0. The van der Waals surface area contributed by atoms with E-state index in [1.807, 2.05) is 0 Å². The first-order chi connectivity index (χ1) is 11.0. The van der Waals surface area contributed by atoms with Crippen LogP contribution in [0.15, 0.2) is 23.2 Å². The van der Waals surface area contributed by atoms with Crippen molar-refractivity contribution in [2.45, 2.75) is 30.4 Å². The fourth-order valence-electron chi connectivity index (χ4n) is 3.83. The fourth-order valence-corrected chi connectivity index (χ4v) is 3.83. The van der Waals surface area contributed by atoms with Gasteiger partial charge in [0.15, 0.2) is 11.5 Å². The number of fused-ring (bicyclic) bond motifs is 2. The molecule has 2 atom stereocenters. The van der Waals surface area contributed by atoms with Gasteiger partial charge in [0.25, 0.3) is 5.91 Å². The minimum atomic E-state index is -1.07. The second-order valence-electron chi connectivity index (χ2n) is 6.57. The lowest BCUT2D eigenvalue weighted by molar-refractivity contribution is -0.139. The number of ether oxygens (including phenoxy) is 2. The van der Waals surface area contributed by atoms with Crippen LogP contribution in [-0.4, -0.2) is 50.5 Å². The molecular formula is C16H18BN3O3. The molecule has 7 heteroatoms. The maximum Gasteiger partial charge on any atom is 0.261 e. The van der Waals surface area contributed by atoms with Crippen LogP contribution in [0.3, 0.4) is 0 Å². The van der Waals surface area contributed by atoms with E-state index in [-0.39, 0.29) is 11.9 Å². The quantitative estimate of drug-likeness (QED) is 0.673. The van der Waals surface area contributed by atoms with Crippen molar-refractivity contribution in [1.29, 1.82) is 0 Å². The Morgan fingerprint density at radius 1 is 1.43 bits per heavy atom. The smallest absolute Gasteiger partial charge is 0.261 e. The van der Waals surface area contributed by atoms with Crippen LogP contribution in [0, 0.1) is 0 Å². The summed E-state index contributed by atoms with van der Waals surface area (Å²) in [4.78, 5) is 18.9. The standard InChI is InChI=1S/C16H18BN3O3/c1-20-13(21)16(19-14(20)18)8-15(5-2-6-22-9-15)23-12-4-3-10(17)7-11(12)16/h3-4,7H,2,5-6,8-9H2,1H3,(H2,18,19). The Labute approximate surface area is 136 Å². The molecule has 2 N–H and O–H groups in total. The highest BCUT2D eigenvalue weighted by atomic mass is 16.5. The molecule has 3 aliphatic rings. The number of carbonyl (C=O) groups is 1. The van der Waals surface area contributed by atoms with Gasteiger partial charge in [-0.2, -0.15) is 0 Å². The number of likely N-dealkylation sites (N-methyl/N-ethyl adjacent to an activating group) is 1. The van der Waals surface area contributed by atoms with Crippen LogP contribution in [0.4, 0.5) is 0 Å². The summed E-state index contributed by atoms with van der Waals surface area (Å²) in [6.07, 6.45) is 2.13. The molecule has 0 aromatic heterocycles. The van der Waals surface area contributed by atoms with E-state index in [0.29, 0.717) is 36.4 Å². The lowest BCUT2D eigenvalue weighted by Crippen LogP contribution is -2.55. The minimum Gasteiger partial charge on any atom is -0.484 e. The van der Waals surface area contributed by atoms with Crippen molar-refractivity contribution < 1.29 is 14.3 Å². The van der Waals surface area contributed by atoms with Gasteiger partial charge < -0.3 is 15.2 Å². The first-order valence-corrected chi connectivity index (χ1v) is 7.76. The molecule has 3 heterocycles. The zero-order valence-corrected chi connectivity index (χ0v) is 13.0. The van der Waals surface area contributed by atoms with Crippen molar-refractivity contribution in [1.82, 2.24) is 4.90 Å². The van der Waals surface area contributed by atoms with Gasteiger partial charge in [0.1, 0.15) is 19.2 Å². The predicted molar refractivity (Wildman–Crippen MR) is 85.9 cm³/mol. The van der Waals surface area contributed by atoms with Gasteiger partial charge in [-0.25, -0.2) is 4.99 Å². The average molecular weight is 311 g/mol. The molecule has 2 spiro atoms. The summed E-state index contributed by atoms with van der Waals surface area (Å²) < 4.78 is 11.9. The van der Waals surface area contributed by atoms with Crippen molar-refractivity contribution in [3.05, 3.63) is 23.8 Å². The maximum atomic E-state index is 13.0. The van der Waals surface area contributed by atoms with Crippen LogP contribution in [0.1, 0.15) is 24.8 Å². The van der Waals surface area contributed by atoms with Gasteiger partial charge in [-0.3, -0.25) is 9.69 Å². The molecule has 3 aliphatic heterocycles. The molecule has 23 heavy (non-hydrogen) atoms. The summed E-state index contributed by atoms with van der Waals surface area (Å²) in [5, 5.41) is 0. The number of aliphatic imine (C=N–C) groups is 1. The van der Waals surface area contributed by atoms with Crippen LogP contribution in [0.2, 0.25) is 0 Å². The topological polar surface area (TPSA) is 77.2 Å². The fraction of sp³-hybridized carbons (Fsp3) is 0.500. The van der Waals surface area contributed by atoms with Gasteiger partial charge in [-0.05, 0) is 18.9 Å². The molecule has 0 saturated carbocycles. The average Bonchev–Trinajstić information content (AvgIpc) is 2.74. The third kappa shape index (κ3) is 1.99. The van der Waals surface area contributed by atoms with Crippen LogP contribution >= 0.6 is 0 Å². The summed E-state index contributed by atoms with van der Waals surface area (Å²) in [7, 11) is 7.57. The molecule has 2 unspecified atom stereocenters. The summed E-state index contributed by atoms with van der Waals surface area (Å²) in [6, 6.07) is 5.34. The highest BCUT2D eigenvalue weighted by Crippen LogP contribution is 2.50. The van der Waals surface area contributed by atoms with Crippen LogP contribution < -0.4 is 15.9 Å². The zero-order chi connectivity index (χ0) is 16.2. The SMILES string of the molecule is [B]c1ccc2c(c1)C1(CC3(CCCOC3)O2)N=C(N)N(C)C1=O.